The van der Waals surface area contributed by atoms with Crippen molar-refractivity contribution in [2.45, 2.75) is 0 Å². The van der Waals surface area contributed by atoms with Gasteiger partial charge in [0.05, 0.1) is 20.2 Å². The first-order valence-electron chi connectivity index (χ1n) is 7.68. The minimum absolute atomic E-state index is 0.0230. The number of aromatic carboxylic acids is 1. The molecule has 0 amide bonds. The molecule has 8 heteroatoms. The molecule has 0 atom stereocenters. The molecule has 27 heavy (non-hydrogen) atoms. The SMILES string of the molecule is C=Cc1cc(I)c(OC)c(C(=O)OCCOc2ccc(C(=O)[O-])cc2I)c1. The first-order chi connectivity index (χ1) is 12.9. The minimum Gasteiger partial charge on any atom is -0.545 e. The minimum atomic E-state index is -1.25. The zero-order valence-corrected chi connectivity index (χ0v) is 18.6. The van der Waals surface area contributed by atoms with Gasteiger partial charge in [0.25, 0.3) is 0 Å². The van der Waals surface area contributed by atoms with E-state index < -0.39 is 11.9 Å². The van der Waals surface area contributed by atoms with Crippen LogP contribution in [0.1, 0.15) is 26.3 Å². The summed E-state index contributed by atoms with van der Waals surface area (Å²) in [6.07, 6.45) is 1.64. The lowest BCUT2D eigenvalue weighted by atomic mass is 10.1. The van der Waals surface area contributed by atoms with Gasteiger partial charge in [-0.3, -0.25) is 0 Å². The van der Waals surface area contributed by atoms with E-state index >= 15 is 0 Å². The van der Waals surface area contributed by atoms with Crippen LogP contribution in [0.3, 0.4) is 0 Å². The summed E-state index contributed by atoms with van der Waals surface area (Å²) in [7, 11) is 1.49. The summed E-state index contributed by atoms with van der Waals surface area (Å²) in [6, 6.07) is 7.88. The van der Waals surface area contributed by atoms with Crippen molar-refractivity contribution in [1.82, 2.24) is 0 Å². The number of benzene rings is 2. The standard InChI is InChI=1S/C19H16I2O6/c1-3-11-8-13(17(25-2)15(21)9-11)19(24)27-7-6-26-16-5-4-12(18(22)23)10-14(16)20/h3-5,8-10H,1,6-7H2,2H3,(H,22,23)/p-1. The van der Waals surface area contributed by atoms with Crippen LogP contribution in [0.4, 0.5) is 0 Å². The zero-order chi connectivity index (χ0) is 20.0. The third-order valence-corrected chi connectivity index (χ3v) is 5.11. The maximum Gasteiger partial charge on any atom is 0.342 e. The zero-order valence-electron chi connectivity index (χ0n) is 14.3. The number of carboxylic acids is 1. The summed E-state index contributed by atoms with van der Waals surface area (Å²) in [4.78, 5) is 23.2. The highest BCUT2D eigenvalue weighted by Gasteiger charge is 2.17. The van der Waals surface area contributed by atoms with Gasteiger partial charge in [0.2, 0.25) is 0 Å². The molecular formula is C19H15I2O6-. The molecule has 2 aromatic rings. The number of esters is 1. The number of ether oxygens (including phenoxy) is 3. The van der Waals surface area contributed by atoms with Crippen molar-refractivity contribution >= 4 is 63.2 Å². The van der Waals surface area contributed by atoms with Gasteiger partial charge in [-0.1, -0.05) is 12.7 Å². The van der Waals surface area contributed by atoms with Gasteiger partial charge in [0, 0.05) is 0 Å². The quantitative estimate of drug-likeness (QED) is 0.266. The fourth-order valence-electron chi connectivity index (χ4n) is 2.20. The van der Waals surface area contributed by atoms with E-state index in [9.17, 15) is 14.7 Å². The number of carboxylic acid groups (broad SMARTS) is 1. The van der Waals surface area contributed by atoms with E-state index in [4.69, 9.17) is 14.2 Å². The van der Waals surface area contributed by atoms with Crippen LogP contribution in [-0.2, 0) is 4.74 Å². The monoisotopic (exact) mass is 593 g/mol. The second kappa shape index (κ2) is 9.93. The molecule has 0 saturated heterocycles. The second-order valence-electron chi connectivity index (χ2n) is 5.20. The molecule has 2 rings (SSSR count). The van der Waals surface area contributed by atoms with E-state index in [1.807, 2.05) is 28.7 Å². The molecular weight excluding hydrogens is 578 g/mol. The Morgan fingerprint density at radius 2 is 1.89 bits per heavy atom. The topological polar surface area (TPSA) is 84.9 Å². The predicted molar refractivity (Wildman–Crippen MR) is 115 cm³/mol. The molecule has 0 heterocycles. The van der Waals surface area contributed by atoms with Crippen LogP contribution in [0, 0.1) is 7.14 Å². The molecule has 0 saturated carbocycles. The molecule has 0 unspecified atom stereocenters. The Labute approximate surface area is 183 Å². The van der Waals surface area contributed by atoms with Gasteiger partial charge in [0.1, 0.15) is 30.3 Å². The van der Waals surface area contributed by atoms with Gasteiger partial charge in [0.15, 0.2) is 0 Å². The number of methoxy groups -OCH3 is 1. The van der Waals surface area contributed by atoms with Crippen LogP contribution >= 0.6 is 45.2 Å². The maximum absolute atomic E-state index is 12.4. The largest absolute Gasteiger partial charge is 0.545 e. The molecule has 2 aromatic carbocycles. The molecule has 0 aliphatic rings. The first-order valence-corrected chi connectivity index (χ1v) is 9.84. The van der Waals surface area contributed by atoms with Crippen molar-refractivity contribution in [3.63, 3.8) is 0 Å². The summed E-state index contributed by atoms with van der Waals surface area (Å²) in [5, 5.41) is 10.8. The molecule has 0 aromatic heterocycles. The number of rotatable bonds is 8. The van der Waals surface area contributed by atoms with E-state index in [-0.39, 0.29) is 18.8 Å². The number of carbonyl (C=O) groups is 2. The molecule has 142 valence electrons. The number of hydrogen-bond acceptors (Lipinski definition) is 6. The van der Waals surface area contributed by atoms with Crippen molar-refractivity contribution in [3.8, 4) is 11.5 Å². The Kier molecular flexibility index (Phi) is 7.90. The Bertz CT molecular complexity index is 879. The lowest BCUT2D eigenvalue weighted by Gasteiger charge is -2.13. The fraction of sp³-hybridized carbons (Fsp3) is 0.158. The molecule has 0 aliphatic carbocycles. The molecule has 0 fully saturated rings. The molecule has 6 nitrogen and oxygen atoms in total. The number of halogens is 2. The van der Waals surface area contributed by atoms with Crippen LogP contribution in [-0.4, -0.2) is 32.3 Å². The molecule has 0 spiro atoms. The third-order valence-electron chi connectivity index (χ3n) is 3.47. The van der Waals surface area contributed by atoms with E-state index in [0.29, 0.717) is 20.6 Å². The van der Waals surface area contributed by atoms with E-state index in [1.54, 1.807) is 12.1 Å². The Morgan fingerprint density at radius 1 is 1.15 bits per heavy atom. The summed E-state index contributed by atoms with van der Waals surface area (Å²) < 4.78 is 17.5. The van der Waals surface area contributed by atoms with Crippen molar-refractivity contribution in [3.05, 3.63) is 60.7 Å². The van der Waals surface area contributed by atoms with Crippen LogP contribution in [0.15, 0.2) is 36.9 Å². The van der Waals surface area contributed by atoms with E-state index in [1.165, 1.54) is 25.3 Å². The predicted octanol–water partition coefficient (Wildman–Crippen LogP) is 3.15. The van der Waals surface area contributed by atoms with Crippen LogP contribution in [0.25, 0.3) is 6.08 Å². The Morgan fingerprint density at radius 3 is 2.48 bits per heavy atom. The van der Waals surface area contributed by atoms with Gasteiger partial charge < -0.3 is 24.1 Å². The summed E-state index contributed by atoms with van der Waals surface area (Å²) >= 11 is 4.04. The van der Waals surface area contributed by atoms with Crippen molar-refractivity contribution < 1.29 is 28.9 Å². The van der Waals surface area contributed by atoms with Gasteiger partial charge in [-0.25, -0.2) is 4.79 Å². The van der Waals surface area contributed by atoms with Gasteiger partial charge in [-0.15, -0.1) is 0 Å². The summed E-state index contributed by atoms with van der Waals surface area (Å²) in [5.74, 6) is -0.838. The van der Waals surface area contributed by atoms with Crippen molar-refractivity contribution in [2.24, 2.45) is 0 Å². The summed E-state index contributed by atoms with van der Waals surface area (Å²) in [5.41, 5.74) is 1.17. The van der Waals surface area contributed by atoms with Crippen LogP contribution < -0.4 is 14.6 Å². The van der Waals surface area contributed by atoms with Crippen LogP contribution in [0.2, 0.25) is 0 Å². The van der Waals surface area contributed by atoms with Crippen LogP contribution in [0.5, 0.6) is 11.5 Å². The van der Waals surface area contributed by atoms with Gasteiger partial charge >= 0.3 is 5.97 Å². The average molecular weight is 593 g/mol. The highest BCUT2D eigenvalue weighted by molar-refractivity contribution is 14.1. The third kappa shape index (κ3) is 5.58. The summed E-state index contributed by atoms with van der Waals surface area (Å²) in [6.45, 7) is 3.85. The van der Waals surface area contributed by atoms with E-state index in [2.05, 4.69) is 29.2 Å². The number of hydrogen-bond donors (Lipinski definition) is 0. The second-order valence-corrected chi connectivity index (χ2v) is 7.53. The lowest BCUT2D eigenvalue weighted by Crippen LogP contribution is -2.22. The molecule has 0 aliphatic heterocycles. The highest BCUT2D eigenvalue weighted by atomic mass is 127. The molecule has 0 N–H and O–H groups in total. The van der Waals surface area contributed by atoms with Crippen molar-refractivity contribution in [1.29, 1.82) is 0 Å². The lowest BCUT2D eigenvalue weighted by molar-refractivity contribution is -0.255. The molecule has 0 bridgehead atoms. The van der Waals surface area contributed by atoms with Crippen molar-refractivity contribution in [2.75, 3.05) is 20.3 Å². The smallest absolute Gasteiger partial charge is 0.342 e. The average Bonchev–Trinajstić information content (AvgIpc) is 2.65. The normalized spacial score (nSPS) is 10.2. The van der Waals surface area contributed by atoms with E-state index in [0.717, 1.165) is 9.13 Å². The van der Waals surface area contributed by atoms with Gasteiger partial charge in [-0.05, 0) is 86.6 Å². The Hall–Kier alpha value is -1.82. The first kappa shape index (κ1) is 21.5. The highest BCUT2D eigenvalue weighted by Crippen LogP contribution is 2.28. The number of carbonyl (C=O) groups excluding carboxylic acids is 2. The Balaban J connectivity index is 1.98. The molecule has 0 radical (unpaired) electrons. The van der Waals surface area contributed by atoms with Gasteiger partial charge in [-0.2, -0.15) is 0 Å². The fourth-order valence-corrected chi connectivity index (χ4v) is 3.74. The maximum atomic E-state index is 12.4.